The number of aliphatic hydroxyl groups excluding tert-OH is 3. The Bertz CT molecular complexity index is 630. The van der Waals surface area contributed by atoms with Gasteiger partial charge in [0.1, 0.15) is 0 Å². The average molecular weight is 405 g/mol. The minimum Gasteiger partial charge on any atom is -0.393 e. The molecular formula is C26H44O3. The molecule has 0 radical (unpaired) electrons. The van der Waals surface area contributed by atoms with Crippen molar-refractivity contribution in [1.29, 1.82) is 0 Å². The highest BCUT2D eigenvalue weighted by molar-refractivity contribution is 5.37. The summed E-state index contributed by atoms with van der Waals surface area (Å²) in [6.45, 7) is 17.8. The topological polar surface area (TPSA) is 60.7 Å². The summed E-state index contributed by atoms with van der Waals surface area (Å²) in [6, 6.07) is 0. The Kier molecular flexibility index (Phi) is 7.98. The van der Waals surface area contributed by atoms with Gasteiger partial charge in [0.2, 0.25) is 0 Å². The molecule has 0 aliphatic heterocycles. The molecule has 166 valence electrons. The van der Waals surface area contributed by atoms with Gasteiger partial charge in [0.15, 0.2) is 0 Å². The summed E-state index contributed by atoms with van der Waals surface area (Å²) in [5.41, 5.74) is 2.12. The van der Waals surface area contributed by atoms with Gasteiger partial charge in [-0.25, -0.2) is 0 Å². The highest BCUT2D eigenvalue weighted by atomic mass is 16.3. The Hall–Kier alpha value is -0.900. The van der Waals surface area contributed by atoms with Gasteiger partial charge in [-0.2, -0.15) is 0 Å². The van der Waals surface area contributed by atoms with E-state index < -0.39 is 12.2 Å². The normalized spacial score (nSPS) is 36.3. The van der Waals surface area contributed by atoms with Gasteiger partial charge in [0.05, 0.1) is 18.3 Å². The zero-order valence-electron chi connectivity index (χ0n) is 19.5. The SMILES string of the molecule is C=C1C(=CC=C[C@@H]2CC[C@](C)([C@@H](C)CC[C@H](O)C(C)C)C2(C)C)C[C@@H](O)C[C@@H]1O. The second-order valence-corrected chi connectivity index (χ2v) is 10.8. The van der Waals surface area contributed by atoms with E-state index in [1.807, 2.05) is 6.08 Å². The second kappa shape index (κ2) is 9.49. The summed E-state index contributed by atoms with van der Waals surface area (Å²) in [5, 5.41) is 30.2. The first-order valence-corrected chi connectivity index (χ1v) is 11.5. The first kappa shape index (κ1) is 24.4. The summed E-state index contributed by atoms with van der Waals surface area (Å²) in [4.78, 5) is 0. The third kappa shape index (κ3) is 5.24. The lowest BCUT2D eigenvalue weighted by Crippen LogP contribution is -2.39. The molecule has 2 rings (SSSR count). The number of rotatable bonds is 7. The lowest BCUT2D eigenvalue weighted by molar-refractivity contribution is 0.0277. The maximum Gasteiger partial charge on any atom is 0.0811 e. The van der Waals surface area contributed by atoms with Gasteiger partial charge >= 0.3 is 0 Å². The Balaban J connectivity index is 2.06. The molecule has 0 amide bonds. The lowest BCUT2D eigenvalue weighted by Gasteiger charge is -2.46. The van der Waals surface area contributed by atoms with Gasteiger partial charge in [-0.15, -0.1) is 0 Å². The van der Waals surface area contributed by atoms with E-state index in [2.05, 4.69) is 60.3 Å². The van der Waals surface area contributed by atoms with E-state index in [1.165, 1.54) is 12.8 Å². The van der Waals surface area contributed by atoms with Gasteiger partial charge in [-0.05, 0) is 71.8 Å². The quantitative estimate of drug-likeness (QED) is 0.531. The van der Waals surface area contributed by atoms with E-state index in [0.717, 1.165) is 24.0 Å². The van der Waals surface area contributed by atoms with Gasteiger partial charge in [0.25, 0.3) is 0 Å². The van der Waals surface area contributed by atoms with Crippen LogP contribution >= 0.6 is 0 Å². The maximum absolute atomic E-state index is 10.2. The van der Waals surface area contributed by atoms with Crippen LogP contribution in [0.15, 0.2) is 36.0 Å². The first-order valence-electron chi connectivity index (χ1n) is 11.5. The molecule has 0 unspecified atom stereocenters. The zero-order chi connectivity index (χ0) is 22.0. The van der Waals surface area contributed by atoms with E-state index >= 15 is 0 Å². The fourth-order valence-corrected chi connectivity index (χ4v) is 5.42. The molecule has 0 aromatic rings. The van der Waals surface area contributed by atoms with E-state index in [0.29, 0.717) is 30.6 Å². The minimum atomic E-state index is -0.633. The second-order valence-electron chi connectivity index (χ2n) is 10.8. The molecule has 3 heteroatoms. The molecule has 0 saturated heterocycles. The van der Waals surface area contributed by atoms with Crippen LogP contribution in [0.4, 0.5) is 0 Å². The molecule has 2 aliphatic rings. The molecule has 6 atom stereocenters. The molecule has 29 heavy (non-hydrogen) atoms. The Morgan fingerprint density at radius 1 is 1.14 bits per heavy atom. The zero-order valence-corrected chi connectivity index (χ0v) is 19.5. The van der Waals surface area contributed by atoms with Crippen LogP contribution in [-0.4, -0.2) is 33.6 Å². The van der Waals surface area contributed by atoms with Crippen LogP contribution in [-0.2, 0) is 0 Å². The van der Waals surface area contributed by atoms with Crippen LogP contribution < -0.4 is 0 Å². The standard InChI is InChI=1S/C26H44O3/c1-17(2)23(28)12-11-18(3)26(7)14-13-21(25(26,5)6)10-8-9-20-15-22(27)16-24(29)19(20)4/h8-10,17-18,21-24,27-29H,4,11-16H2,1-3,5-7H3/t18-,21+,22+,23-,24-,26+/m0/s1. The fourth-order valence-electron chi connectivity index (χ4n) is 5.42. The van der Waals surface area contributed by atoms with Crippen molar-refractivity contribution in [2.75, 3.05) is 0 Å². The average Bonchev–Trinajstić information content (AvgIpc) is 2.87. The van der Waals surface area contributed by atoms with Gasteiger partial charge in [-0.3, -0.25) is 0 Å². The monoisotopic (exact) mass is 404 g/mol. The van der Waals surface area contributed by atoms with Crippen LogP contribution in [0.1, 0.15) is 80.1 Å². The van der Waals surface area contributed by atoms with Crippen molar-refractivity contribution in [3.05, 3.63) is 36.0 Å². The summed E-state index contributed by atoms with van der Waals surface area (Å²) >= 11 is 0. The van der Waals surface area contributed by atoms with Crippen LogP contribution in [0.3, 0.4) is 0 Å². The summed E-state index contributed by atoms with van der Waals surface area (Å²) in [5.74, 6) is 1.38. The Morgan fingerprint density at radius 2 is 1.79 bits per heavy atom. The Labute approximate surface area is 178 Å². The van der Waals surface area contributed by atoms with E-state index in [-0.39, 0.29) is 16.9 Å². The lowest BCUT2D eigenvalue weighted by atomic mass is 9.59. The van der Waals surface area contributed by atoms with Crippen LogP contribution in [0.2, 0.25) is 0 Å². The molecule has 2 fully saturated rings. The van der Waals surface area contributed by atoms with Crippen molar-refractivity contribution in [2.24, 2.45) is 28.6 Å². The van der Waals surface area contributed by atoms with Crippen molar-refractivity contribution >= 4 is 0 Å². The minimum absolute atomic E-state index is 0.173. The van der Waals surface area contributed by atoms with E-state index in [9.17, 15) is 15.3 Å². The van der Waals surface area contributed by atoms with Gasteiger partial charge in [-0.1, -0.05) is 66.3 Å². The highest BCUT2D eigenvalue weighted by Crippen LogP contribution is 2.60. The number of hydrogen-bond acceptors (Lipinski definition) is 3. The molecular weight excluding hydrogens is 360 g/mol. The predicted molar refractivity (Wildman–Crippen MR) is 121 cm³/mol. The molecule has 0 spiro atoms. The number of hydrogen-bond donors (Lipinski definition) is 3. The van der Waals surface area contributed by atoms with Crippen molar-refractivity contribution in [1.82, 2.24) is 0 Å². The summed E-state index contributed by atoms with van der Waals surface area (Å²) in [6.07, 6.45) is 10.4. The van der Waals surface area contributed by atoms with Crippen molar-refractivity contribution < 1.29 is 15.3 Å². The van der Waals surface area contributed by atoms with Crippen molar-refractivity contribution in [2.45, 2.75) is 98.4 Å². The molecule has 0 bridgehead atoms. The smallest absolute Gasteiger partial charge is 0.0811 e. The molecule has 2 aliphatic carbocycles. The predicted octanol–water partition coefficient (Wildman–Crippen LogP) is 5.42. The van der Waals surface area contributed by atoms with Crippen molar-refractivity contribution in [3.63, 3.8) is 0 Å². The third-order valence-electron chi connectivity index (χ3n) is 8.53. The summed E-state index contributed by atoms with van der Waals surface area (Å²) in [7, 11) is 0. The third-order valence-corrected chi connectivity index (χ3v) is 8.53. The molecule has 2 saturated carbocycles. The molecule has 0 aromatic heterocycles. The van der Waals surface area contributed by atoms with Crippen LogP contribution in [0.5, 0.6) is 0 Å². The highest BCUT2D eigenvalue weighted by Gasteiger charge is 2.52. The molecule has 0 heterocycles. The maximum atomic E-state index is 10.2. The molecule has 3 N–H and O–H groups in total. The molecule has 0 aromatic carbocycles. The van der Waals surface area contributed by atoms with Gasteiger partial charge in [0, 0.05) is 6.42 Å². The number of aliphatic hydroxyl groups is 3. The largest absolute Gasteiger partial charge is 0.393 e. The number of allylic oxidation sites excluding steroid dienone is 3. The fraction of sp³-hybridized carbons (Fsp3) is 0.769. The molecule has 3 nitrogen and oxygen atoms in total. The van der Waals surface area contributed by atoms with Crippen molar-refractivity contribution in [3.8, 4) is 0 Å². The van der Waals surface area contributed by atoms with Crippen LogP contribution in [0, 0.1) is 28.6 Å². The van der Waals surface area contributed by atoms with E-state index in [4.69, 9.17) is 0 Å². The summed E-state index contributed by atoms with van der Waals surface area (Å²) < 4.78 is 0. The van der Waals surface area contributed by atoms with Crippen LogP contribution in [0.25, 0.3) is 0 Å². The van der Waals surface area contributed by atoms with E-state index in [1.54, 1.807) is 0 Å². The Morgan fingerprint density at radius 3 is 2.41 bits per heavy atom. The first-order chi connectivity index (χ1) is 13.4. The van der Waals surface area contributed by atoms with Gasteiger partial charge < -0.3 is 15.3 Å².